The molecule has 0 unspecified atom stereocenters. The molecule has 6 nitrogen and oxygen atoms in total. The van der Waals surface area contributed by atoms with Gasteiger partial charge in [0.25, 0.3) is 5.91 Å². The van der Waals surface area contributed by atoms with Gasteiger partial charge in [-0.05, 0) is 19.1 Å². The number of carbonyl (C=O) groups excluding carboxylic acids is 1. The highest BCUT2D eigenvalue weighted by Gasteiger charge is 2.16. The van der Waals surface area contributed by atoms with Gasteiger partial charge in [0.15, 0.2) is 0 Å². The van der Waals surface area contributed by atoms with Gasteiger partial charge in [0.1, 0.15) is 17.1 Å². The number of aromatic hydroxyl groups is 1. The molecule has 0 aliphatic carbocycles. The Bertz CT molecular complexity index is 647. The smallest absolute Gasteiger partial charge is 0.253 e. The molecule has 0 saturated carbocycles. The number of aryl methyl sites for hydroxylation is 1. The highest BCUT2D eigenvalue weighted by molar-refractivity contribution is 5.99. The number of benzene rings is 1. The van der Waals surface area contributed by atoms with Crippen molar-refractivity contribution in [3.63, 3.8) is 0 Å². The molecule has 0 fully saturated rings. The first kappa shape index (κ1) is 14.3. The lowest BCUT2D eigenvalue weighted by Crippen LogP contribution is -2.21. The number of amides is 1. The van der Waals surface area contributed by atoms with Gasteiger partial charge in [-0.3, -0.25) is 4.79 Å². The monoisotopic (exact) mass is 277 g/mol. The summed E-state index contributed by atoms with van der Waals surface area (Å²) in [5.74, 6) is 0.678. The summed E-state index contributed by atoms with van der Waals surface area (Å²) in [6, 6.07) is 3.18. The molecule has 1 aromatic carbocycles. The summed E-state index contributed by atoms with van der Waals surface area (Å²) in [4.78, 5) is 17.8. The standard InChI is InChI=1S/C14H19N3O3/c1-9-15-11-7-10(14(19)16(2)3)8-12(18)13(11)17(9)5-6-20-4/h7-8,18H,5-6H2,1-4H3. The van der Waals surface area contributed by atoms with Crippen LogP contribution in [0.5, 0.6) is 5.75 Å². The van der Waals surface area contributed by atoms with Crippen LogP contribution in [0.3, 0.4) is 0 Å². The lowest BCUT2D eigenvalue weighted by Gasteiger charge is -2.11. The summed E-state index contributed by atoms with van der Waals surface area (Å²) in [7, 11) is 4.97. The molecule has 20 heavy (non-hydrogen) atoms. The second kappa shape index (κ2) is 5.50. The fourth-order valence-electron chi connectivity index (χ4n) is 2.20. The summed E-state index contributed by atoms with van der Waals surface area (Å²) >= 11 is 0. The van der Waals surface area contributed by atoms with E-state index in [2.05, 4.69) is 4.98 Å². The normalized spacial score (nSPS) is 11.0. The van der Waals surface area contributed by atoms with Gasteiger partial charge in [-0.15, -0.1) is 0 Å². The Labute approximate surface area is 117 Å². The van der Waals surface area contributed by atoms with E-state index >= 15 is 0 Å². The largest absolute Gasteiger partial charge is 0.506 e. The van der Waals surface area contributed by atoms with Crippen molar-refractivity contribution in [1.29, 1.82) is 0 Å². The van der Waals surface area contributed by atoms with Crippen LogP contribution in [0.25, 0.3) is 11.0 Å². The quantitative estimate of drug-likeness (QED) is 0.917. The van der Waals surface area contributed by atoms with Gasteiger partial charge in [0, 0.05) is 33.3 Å². The van der Waals surface area contributed by atoms with E-state index < -0.39 is 0 Å². The molecular formula is C14H19N3O3. The molecule has 0 saturated heterocycles. The molecule has 6 heteroatoms. The minimum absolute atomic E-state index is 0.0596. The number of rotatable bonds is 4. The number of phenolic OH excluding ortho intramolecular Hbond substituents is 1. The van der Waals surface area contributed by atoms with Crippen molar-refractivity contribution in [1.82, 2.24) is 14.5 Å². The third-order valence-corrected chi connectivity index (χ3v) is 3.18. The number of fused-ring (bicyclic) bond motifs is 1. The van der Waals surface area contributed by atoms with E-state index in [1.165, 1.54) is 11.0 Å². The molecule has 2 rings (SSSR count). The van der Waals surface area contributed by atoms with Crippen LogP contribution in [0.1, 0.15) is 16.2 Å². The lowest BCUT2D eigenvalue weighted by atomic mass is 10.1. The number of ether oxygens (including phenoxy) is 1. The Morgan fingerprint density at radius 1 is 1.45 bits per heavy atom. The van der Waals surface area contributed by atoms with E-state index in [0.717, 1.165) is 5.82 Å². The van der Waals surface area contributed by atoms with Gasteiger partial charge in [-0.1, -0.05) is 0 Å². The van der Waals surface area contributed by atoms with Crippen LogP contribution in [0.2, 0.25) is 0 Å². The second-order valence-corrected chi connectivity index (χ2v) is 4.87. The molecule has 108 valence electrons. The van der Waals surface area contributed by atoms with E-state index in [1.54, 1.807) is 27.3 Å². The van der Waals surface area contributed by atoms with Crippen molar-refractivity contribution in [3.8, 4) is 5.75 Å². The van der Waals surface area contributed by atoms with Gasteiger partial charge in [0.05, 0.1) is 12.1 Å². The van der Waals surface area contributed by atoms with Crippen LogP contribution in [0.4, 0.5) is 0 Å². The van der Waals surface area contributed by atoms with Crippen LogP contribution in [0, 0.1) is 6.92 Å². The maximum atomic E-state index is 12.0. The molecule has 1 N–H and O–H groups in total. The predicted octanol–water partition coefficient (Wildman–Crippen LogP) is 1.40. The number of imidazole rings is 1. The second-order valence-electron chi connectivity index (χ2n) is 4.87. The van der Waals surface area contributed by atoms with Crippen LogP contribution in [0.15, 0.2) is 12.1 Å². The zero-order chi connectivity index (χ0) is 14.9. The Morgan fingerprint density at radius 2 is 2.15 bits per heavy atom. The zero-order valence-corrected chi connectivity index (χ0v) is 12.2. The molecule has 0 aliphatic heterocycles. The number of phenols is 1. The Kier molecular flexibility index (Phi) is 3.94. The summed E-state index contributed by atoms with van der Waals surface area (Å²) in [6.45, 7) is 3.00. The SMILES string of the molecule is COCCn1c(C)nc2cc(C(=O)N(C)C)cc(O)c21. The summed E-state index contributed by atoms with van der Waals surface area (Å²) in [6.07, 6.45) is 0. The lowest BCUT2D eigenvalue weighted by molar-refractivity contribution is 0.0827. The first-order valence-corrected chi connectivity index (χ1v) is 6.36. The van der Waals surface area contributed by atoms with Crippen molar-refractivity contribution in [2.24, 2.45) is 0 Å². The molecule has 1 aromatic heterocycles. The molecule has 0 bridgehead atoms. The highest BCUT2D eigenvalue weighted by Crippen LogP contribution is 2.28. The third kappa shape index (κ3) is 2.46. The Hall–Kier alpha value is -2.08. The average Bonchev–Trinajstić information content (AvgIpc) is 2.71. The molecule has 0 radical (unpaired) electrons. The fourth-order valence-corrected chi connectivity index (χ4v) is 2.20. The number of carbonyl (C=O) groups is 1. The van der Waals surface area contributed by atoms with E-state index in [4.69, 9.17) is 4.74 Å². The van der Waals surface area contributed by atoms with Crippen LogP contribution >= 0.6 is 0 Å². The van der Waals surface area contributed by atoms with Gasteiger partial charge in [-0.2, -0.15) is 0 Å². The van der Waals surface area contributed by atoms with Crippen molar-refractivity contribution in [2.45, 2.75) is 13.5 Å². The van der Waals surface area contributed by atoms with Crippen molar-refractivity contribution in [3.05, 3.63) is 23.5 Å². The molecular weight excluding hydrogens is 258 g/mol. The maximum absolute atomic E-state index is 12.0. The fraction of sp³-hybridized carbons (Fsp3) is 0.429. The molecule has 0 spiro atoms. The number of nitrogens with zero attached hydrogens (tertiary/aromatic N) is 3. The summed E-state index contributed by atoms with van der Waals surface area (Å²) in [5, 5.41) is 10.2. The van der Waals surface area contributed by atoms with E-state index in [9.17, 15) is 9.90 Å². The van der Waals surface area contributed by atoms with Crippen LogP contribution in [-0.4, -0.2) is 53.3 Å². The van der Waals surface area contributed by atoms with Crippen LogP contribution < -0.4 is 0 Å². The minimum Gasteiger partial charge on any atom is -0.506 e. The number of hydrogen-bond acceptors (Lipinski definition) is 4. The van der Waals surface area contributed by atoms with Crippen molar-refractivity contribution < 1.29 is 14.6 Å². The Morgan fingerprint density at radius 3 is 2.75 bits per heavy atom. The number of aromatic nitrogens is 2. The first-order valence-electron chi connectivity index (χ1n) is 6.36. The van der Waals surface area contributed by atoms with Crippen molar-refractivity contribution in [2.75, 3.05) is 27.8 Å². The van der Waals surface area contributed by atoms with E-state index in [-0.39, 0.29) is 11.7 Å². The third-order valence-electron chi connectivity index (χ3n) is 3.18. The van der Waals surface area contributed by atoms with Gasteiger partial charge >= 0.3 is 0 Å². The first-order chi connectivity index (χ1) is 9.45. The summed E-state index contributed by atoms with van der Waals surface area (Å²) in [5.41, 5.74) is 1.68. The average molecular weight is 277 g/mol. The van der Waals surface area contributed by atoms with Crippen LogP contribution in [-0.2, 0) is 11.3 Å². The zero-order valence-electron chi connectivity index (χ0n) is 12.2. The highest BCUT2D eigenvalue weighted by atomic mass is 16.5. The van der Waals surface area contributed by atoms with Gasteiger partial charge in [-0.25, -0.2) is 4.98 Å². The predicted molar refractivity (Wildman–Crippen MR) is 76.0 cm³/mol. The van der Waals surface area contributed by atoms with Gasteiger partial charge in [0.2, 0.25) is 0 Å². The number of hydrogen-bond donors (Lipinski definition) is 1. The van der Waals surface area contributed by atoms with E-state index in [0.29, 0.717) is 29.7 Å². The maximum Gasteiger partial charge on any atom is 0.253 e. The minimum atomic E-state index is -0.161. The summed E-state index contributed by atoms with van der Waals surface area (Å²) < 4.78 is 6.95. The molecule has 2 aromatic rings. The molecule has 1 heterocycles. The topological polar surface area (TPSA) is 67.6 Å². The molecule has 1 amide bonds. The number of methoxy groups -OCH3 is 1. The van der Waals surface area contributed by atoms with Gasteiger partial charge < -0.3 is 19.3 Å². The van der Waals surface area contributed by atoms with E-state index in [1.807, 2.05) is 11.5 Å². The Balaban J connectivity index is 2.55. The van der Waals surface area contributed by atoms with Crippen molar-refractivity contribution >= 4 is 16.9 Å². The molecule has 0 aliphatic rings. The molecule has 0 atom stereocenters.